The number of anilines is 1. The molecule has 3 heterocycles. The smallest absolute Gasteiger partial charge is 0.152 e. The fraction of sp³-hybridized carbons (Fsp3) is 0.429. The molecule has 1 saturated heterocycles. The molecule has 2 N–H and O–H groups in total. The number of nitrogen functional groups attached to an aromatic ring is 1. The van der Waals surface area contributed by atoms with Crippen LogP contribution in [0.25, 0.3) is 11.3 Å². The van der Waals surface area contributed by atoms with Crippen LogP contribution >= 0.6 is 0 Å². The standard InChI is InChI=1S/C14H18N4O2S/c1-9-7-11(3-5-16-9)13-10(2)14(15)18(17-13)12-4-6-21(19,20)8-12/h3,5,7,12H,4,6,8,15H2,1-2H3. The van der Waals surface area contributed by atoms with Crippen LogP contribution in [0.15, 0.2) is 18.3 Å². The summed E-state index contributed by atoms with van der Waals surface area (Å²) in [6.45, 7) is 3.83. The topological polar surface area (TPSA) is 90.9 Å². The van der Waals surface area contributed by atoms with Crippen LogP contribution in [0, 0.1) is 13.8 Å². The molecular weight excluding hydrogens is 288 g/mol. The number of sulfone groups is 1. The molecule has 3 rings (SSSR count). The van der Waals surface area contributed by atoms with E-state index in [0.717, 1.165) is 22.5 Å². The third-order valence-corrected chi connectivity index (χ3v) is 5.67. The second-order valence-electron chi connectivity index (χ2n) is 5.55. The Morgan fingerprint density at radius 1 is 1.38 bits per heavy atom. The number of rotatable bonds is 2. The molecule has 1 unspecified atom stereocenters. The molecule has 6 nitrogen and oxygen atoms in total. The Hall–Kier alpha value is -1.89. The zero-order chi connectivity index (χ0) is 15.2. The van der Waals surface area contributed by atoms with Gasteiger partial charge in [0.1, 0.15) is 5.82 Å². The first kappa shape index (κ1) is 14.1. The van der Waals surface area contributed by atoms with Gasteiger partial charge in [0.25, 0.3) is 0 Å². The van der Waals surface area contributed by atoms with Gasteiger partial charge in [-0.3, -0.25) is 4.98 Å². The van der Waals surface area contributed by atoms with Gasteiger partial charge in [-0.15, -0.1) is 0 Å². The fourth-order valence-electron chi connectivity index (χ4n) is 2.74. The maximum Gasteiger partial charge on any atom is 0.152 e. The molecular formula is C14H18N4O2S. The zero-order valence-electron chi connectivity index (χ0n) is 12.1. The Balaban J connectivity index is 2.04. The maximum atomic E-state index is 11.6. The van der Waals surface area contributed by atoms with Gasteiger partial charge < -0.3 is 5.73 Å². The van der Waals surface area contributed by atoms with Crippen LogP contribution in [0.2, 0.25) is 0 Å². The Morgan fingerprint density at radius 2 is 2.14 bits per heavy atom. The molecule has 0 bridgehead atoms. The van der Waals surface area contributed by atoms with E-state index >= 15 is 0 Å². The maximum absolute atomic E-state index is 11.6. The van der Waals surface area contributed by atoms with E-state index in [2.05, 4.69) is 10.1 Å². The Bertz CT molecular complexity index is 795. The van der Waals surface area contributed by atoms with Gasteiger partial charge in [0.2, 0.25) is 0 Å². The van der Waals surface area contributed by atoms with E-state index in [9.17, 15) is 8.42 Å². The van der Waals surface area contributed by atoms with E-state index in [1.54, 1.807) is 10.9 Å². The van der Waals surface area contributed by atoms with Crippen LogP contribution in [0.1, 0.15) is 23.7 Å². The Morgan fingerprint density at radius 3 is 2.76 bits per heavy atom. The zero-order valence-corrected chi connectivity index (χ0v) is 12.9. The van der Waals surface area contributed by atoms with E-state index in [0.29, 0.717) is 12.2 Å². The van der Waals surface area contributed by atoms with Gasteiger partial charge in [0.15, 0.2) is 9.84 Å². The molecule has 0 aliphatic carbocycles. The highest BCUT2D eigenvalue weighted by atomic mass is 32.2. The average molecular weight is 306 g/mol. The number of nitrogens with zero attached hydrogens (tertiary/aromatic N) is 3. The molecule has 0 spiro atoms. The molecule has 0 radical (unpaired) electrons. The largest absolute Gasteiger partial charge is 0.384 e. The van der Waals surface area contributed by atoms with Crippen molar-refractivity contribution in [2.75, 3.05) is 17.2 Å². The highest BCUT2D eigenvalue weighted by Crippen LogP contribution is 2.32. The molecule has 2 aromatic heterocycles. The summed E-state index contributed by atoms with van der Waals surface area (Å²) in [5.74, 6) is 0.869. The predicted octanol–water partition coefficient (Wildman–Crippen LogP) is 1.50. The van der Waals surface area contributed by atoms with E-state index in [-0.39, 0.29) is 17.5 Å². The van der Waals surface area contributed by atoms with Crippen LogP contribution in [-0.2, 0) is 9.84 Å². The van der Waals surface area contributed by atoms with Crippen LogP contribution in [-0.4, -0.2) is 34.7 Å². The molecule has 2 aromatic rings. The van der Waals surface area contributed by atoms with Crippen molar-refractivity contribution in [2.45, 2.75) is 26.3 Å². The molecule has 0 amide bonds. The first-order chi connectivity index (χ1) is 9.87. The molecule has 1 aliphatic rings. The number of pyridine rings is 1. The predicted molar refractivity (Wildman–Crippen MR) is 81.7 cm³/mol. The summed E-state index contributed by atoms with van der Waals surface area (Å²) in [4.78, 5) is 4.18. The van der Waals surface area contributed by atoms with Crippen molar-refractivity contribution < 1.29 is 8.42 Å². The third-order valence-electron chi connectivity index (χ3n) is 3.92. The summed E-state index contributed by atoms with van der Waals surface area (Å²) in [5, 5.41) is 4.57. The van der Waals surface area contributed by atoms with E-state index in [1.165, 1.54) is 0 Å². The molecule has 1 atom stereocenters. The van der Waals surface area contributed by atoms with Gasteiger partial charge in [0, 0.05) is 23.0 Å². The summed E-state index contributed by atoms with van der Waals surface area (Å²) in [6.07, 6.45) is 2.31. The summed E-state index contributed by atoms with van der Waals surface area (Å²) < 4.78 is 25.0. The lowest BCUT2D eigenvalue weighted by Crippen LogP contribution is -2.14. The molecule has 21 heavy (non-hydrogen) atoms. The number of aryl methyl sites for hydroxylation is 1. The lowest BCUT2D eigenvalue weighted by atomic mass is 10.1. The quantitative estimate of drug-likeness (QED) is 0.908. The van der Waals surface area contributed by atoms with Crippen LogP contribution in [0.3, 0.4) is 0 Å². The number of hydrogen-bond acceptors (Lipinski definition) is 5. The van der Waals surface area contributed by atoms with Crippen molar-refractivity contribution in [3.8, 4) is 11.3 Å². The summed E-state index contributed by atoms with van der Waals surface area (Å²) >= 11 is 0. The molecule has 0 saturated carbocycles. The van der Waals surface area contributed by atoms with Crippen molar-refractivity contribution in [3.63, 3.8) is 0 Å². The van der Waals surface area contributed by atoms with Crippen molar-refractivity contribution in [2.24, 2.45) is 0 Å². The van der Waals surface area contributed by atoms with E-state index in [1.807, 2.05) is 26.0 Å². The highest BCUT2D eigenvalue weighted by molar-refractivity contribution is 7.91. The van der Waals surface area contributed by atoms with Gasteiger partial charge >= 0.3 is 0 Å². The normalized spacial score (nSPS) is 20.8. The second kappa shape index (κ2) is 4.84. The number of hydrogen-bond donors (Lipinski definition) is 1. The Labute approximate surface area is 123 Å². The average Bonchev–Trinajstić information content (AvgIpc) is 2.91. The van der Waals surface area contributed by atoms with Gasteiger partial charge in [-0.25, -0.2) is 13.1 Å². The molecule has 1 aliphatic heterocycles. The minimum absolute atomic E-state index is 0.118. The van der Waals surface area contributed by atoms with Crippen LogP contribution in [0.4, 0.5) is 5.82 Å². The summed E-state index contributed by atoms with van der Waals surface area (Å²) in [7, 11) is -2.96. The minimum atomic E-state index is -2.96. The summed E-state index contributed by atoms with van der Waals surface area (Å²) in [5.41, 5.74) is 9.67. The lowest BCUT2D eigenvalue weighted by Gasteiger charge is -2.10. The monoisotopic (exact) mass is 306 g/mol. The van der Waals surface area contributed by atoms with Gasteiger partial charge in [-0.2, -0.15) is 5.10 Å². The lowest BCUT2D eigenvalue weighted by molar-refractivity contribution is 0.508. The Kier molecular flexibility index (Phi) is 3.24. The van der Waals surface area contributed by atoms with Crippen molar-refractivity contribution in [3.05, 3.63) is 29.6 Å². The molecule has 0 aromatic carbocycles. The SMILES string of the molecule is Cc1cc(-c2nn(C3CCS(=O)(=O)C3)c(N)c2C)ccn1. The number of nitrogens with two attached hydrogens (primary N) is 1. The van der Waals surface area contributed by atoms with E-state index < -0.39 is 9.84 Å². The molecule has 7 heteroatoms. The molecule has 1 fully saturated rings. The molecule has 112 valence electrons. The summed E-state index contributed by atoms with van der Waals surface area (Å²) in [6, 6.07) is 3.67. The van der Waals surface area contributed by atoms with Crippen molar-refractivity contribution >= 4 is 15.7 Å². The van der Waals surface area contributed by atoms with Crippen molar-refractivity contribution in [1.82, 2.24) is 14.8 Å². The van der Waals surface area contributed by atoms with Gasteiger partial charge in [0.05, 0.1) is 23.2 Å². The number of aromatic nitrogens is 3. The third kappa shape index (κ3) is 2.53. The fourth-order valence-corrected chi connectivity index (χ4v) is 4.44. The van der Waals surface area contributed by atoms with Crippen LogP contribution in [0.5, 0.6) is 0 Å². The second-order valence-corrected chi connectivity index (χ2v) is 7.77. The van der Waals surface area contributed by atoms with Crippen LogP contribution < -0.4 is 5.73 Å². The first-order valence-electron chi connectivity index (χ1n) is 6.85. The minimum Gasteiger partial charge on any atom is -0.384 e. The van der Waals surface area contributed by atoms with Crippen molar-refractivity contribution in [1.29, 1.82) is 0 Å². The first-order valence-corrected chi connectivity index (χ1v) is 8.67. The highest BCUT2D eigenvalue weighted by Gasteiger charge is 2.31. The van der Waals surface area contributed by atoms with Gasteiger partial charge in [-0.05, 0) is 32.4 Å². The van der Waals surface area contributed by atoms with E-state index in [4.69, 9.17) is 5.73 Å². The van der Waals surface area contributed by atoms with Gasteiger partial charge in [-0.1, -0.05) is 0 Å².